The summed E-state index contributed by atoms with van der Waals surface area (Å²) in [5, 5.41) is 0.853. The maximum absolute atomic E-state index is 6.18. The van der Waals surface area contributed by atoms with Crippen molar-refractivity contribution in [1.29, 1.82) is 0 Å². The minimum Gasteiger partial charge on any atom is -0.468 e. The molecule has 0 bridgehead atoms. The summed E-state index contributed by atoms with van der Waals surface area (Å²) in [7, 11) is 0. The Kier molecular flexibility index (Phi) is 4.75. The number of furan rings is 1. The van der Waals surface area contributed by atoms with Crippen LogP contribution in [-0.4, -0.2) is 6.04 Å². The summed E-state index contributed by atoms with van der Waals surface area (Å²) < 4.78 is 5.49. The van der Waals surface area contributed by atoms with Gasteiger partial charge in [0, 0.05) is 16.0 Å². The van der Waals surface area contributed by atoms with Crippen LogP contribution in [0.5, 0.6) is 0 Å². The predicted molar refractivity (Wildman–Crippen MR) is 77.0 cm³/mol. The van der Waals surface area contributed by atoms with E-state index in [2.05, 4.69) is 6.92 Å². The normalized spacial score (nSPS) is 14.4. The molecule has 2 atom stereocenters. The molecule has 2 aromatic rings. The lowest BCUT2D eigenvalue weighted by Crippen LogP contribution is -2.25. The van der Waals surface area contributed by atoms with Gasteiger partial charge in [-0.25, -0.2) is 0 Å². The van der Waals surface area contributed by atoms with Gasteiger partial charge in [-0.1, -0.05) is 24.6 Å². The lowest BCUT2D eigenvalue weighted by Gasteiger charge is -2.20. The van der Waals surface area contributed by atoms with E-state index >= 15 is 0 Å². The Labute approximate surface area is 117 Å². The summed E-state index contributed by atoms with van der Waals surface area (Å²) in [5.74, 6) is 0.911. The molecular formula is C14H16ClNOS. The third-order valence-electron chi connectivity index (χ3n) is 2.74. The van der Waals surface area contributed by atoms with Crippen LogP contribution in [0.1, 0.15) is 24.4 Å². The van der Waals surface area contributed by atoms with Gasteiger partial charge in [0.05, 0.1) is 11.5 Å². The van der Waals surface area contributed by atoms with Gasteiger partial charge in [-0.2, -0.15) is 0 Å². The fourth-order valence-electron chi connectivity index (χ4n) is 1.71. The summed E-state index contributed by atoms with van der Waals surface area (Å²) in [4.78, 5) is 1.10. The molecule has 1 heterocycles. The van der Waals surface area contributed by atoms with E-state index in [1.807, 2.05) is 36.4 Å². The van der Waals surface area contributed by atoms with Gasteiger partial charge in [0.15, 0.2) is 0 Å². The largest absolute Gasteiger partial charge is 0.468 e. The smallest absolute Gasteiger partial charge is 0.118 e. The molecule has 0 radical (unpaired) electrons. The molecule has 0 aliphatic rings. The summed E-state index contributed by atoms with van der Waals surface area (Å²) in [6.07, 6.45) is 2.59. The second-order valence-corrected chi connectivity index (χ2v) is 5.73. The molecule has 0 spiro atoms. The van der Waals surface area contributed by atoms with Crippen molar-refractivity contribution in [3.63, 3.8) is 0 Å². The van der Waals surface area contributed by atoms with Crippen molar-refractivity contribution >= 4 is 23.4 Å². The molecule has 0 amide bonds. The first-order valence-electron chi connectivity index (χ1n) is 5.92. The summed E-state index contributed by atoms with van der Waals surface area (Å²) in [5.41, 5.74) is 6.18. The van der Waals surface area contributed by atoms with Crippen LogP contribution in [0.3, 0.4) is 0 Å². The number of benzene rings is 1. The Bertz CT molecular complexity index is 486. The van der Waals surface area contributed by atoms with E-state index in [0.717, 1.165) is 22.1 Å². The van der Waals surface area contributed by atoms with Crippen molar-refractivity contribution < 1.29 is 4.42 Å². The molecule has 1 aromatic heterocycles. The number of hydrogen-bond donors (Lipinski definition) is 1. The molecule has 2 unspecified atom stereocenters. The van der Waals surface area contributed by atoms with Gasteiger partial charge in [0.25, 0.3) is 0 Å². The molecule has 2 nitrogen and oxygen atoms in total. The molecular weight excluding hydrogens is 266 g/mol. The minimum atomic E-state index is 0.0557. The average molecular weight is 282 g/mol. The van der Waals surface area contributed by atoms with Gasteiger partial charge >= 0.3 is 0 Å². The Morgan fingerprint density at radius 2 is 2.17 bits per heavy atom. The second kappa shape index (κ2) is 6.32. The van der Waals surface area contributed by atoms with Crippen molar-refractivity contribution in [1.82, 2.24) is 0 Å². The second-order valence-electron chi connectivity index (χ2n) is 4.08. The van der Waals surface area contributed by atoms with Crippen molar-refractivity contribution in [3.05, 3.63) is 53.4 Å². The monoisotopic (exact) mass is 281 g/mol. The van der Waals surface area contributed by atoms with Crippen LogP contribution in [0, 0.1) is 0 Å². The molecule has 4 heteroatoms. The Hall–Kier alpha value is -0.900. The topological polar surface area (TPSA) is 39.2 Å². The zero-order chi connectivity index (χ0) is 13.0. The number of nitrogens with two attached hydrogens (primary N) is 1. The lowest BCUT2D eigenvalue weighted by molar-refractivity contribution is 0.474. The number of halogens is 1. The third kappa shape index (κ3) is 3.31. The number of hydrogen-bond acceptors (Lipinski definition) is 3. The van der Waals surface area contributed by atoms with E-state index in [-0.39, 0.29) is 11.3 Å². The van der Waals surface area contributed by atoms with E-state index in [9.17, 15) is 0 Å². The lowest BCUT2D eigenvalue weighted by atomic mass is 10.1. The molecule has 0 saturated carbocycles. The van der Waals surface area contributed by atoms with Crippen LogP contribution in [-0.2, 0) is 0 Å². The van der Waals surface area contributed by atoms with Gasteiger partial charge in [0.1, 0.15) is 5.76 Å². The van der Waals surface area contributed by atoms with E-state index in [4.69, 9.17) is 21.8 Å². The SMILES string of the molecule is CCC(N)C(Sc1cccc(Cl)c1)c1ccco1. The van der Waals surface area contributed by atoms with E-state index in [1.54, 1.807) is 18.0 Å². The predicted octanol–water partition coefficient (Wildman–Crippen LogP) is 4.50. The molecule has 0 aliphatic carbocycles. The molecule has 1 aromatic carbocycles. The average Bonchev–Trinajstić information content (AvgIpc) is 2.89. The number of rotatable bonds is 5. The molecule has 2 rings (SSSR count). The zero-order valence-electron chi connectivity index (χ0n) is 10.2. The van der Waals surface area contributed by atoms with Crippen LogP contribution in [0.15, 0.2) is 52.0 Å². The van der Waals surface area contributed by atoms with Crippen LogP contribution < -0.4 is 5.73 Å². The third-order valence-corrected chi connectivity index (χ3v) is 4.34. The van der Waals surface area contributed by atoms with Gasteiger partial charge in [-0.15, -0.1) is 11.8 Å². The highest BCUT2D eigenvalue weighted by Crippen LogP contribution is 2.38. The molecule has 0 aliphatic heterocycles. The zero-order valence-corrected chi connectivity index (χ0v) is 11.7. The molecule has 96 valence electrons. The first kappa shape index (κ1) is 13.5. The van der Waals surface area contributed by atoms with Gasteiger partial charge < -0.3 is 10.2 Å². The van der Waals surface area contributed by atoms with Crippen molar-refractivity contribution in [3.8, 4) is 0 Å². The van der Waals surface area contributed by atoms with Gasteiger partial charge in [-0.05, 0) is 36.8 Å². The maximum atomic E-state index is 6.18. The summed E-state index contributed by atoms with van der Waals surface area (Å²) in [6, 6.07) is 11.7. The molecule has 18 heavy (non-hydrogen) atoms. The Morgan fingerprint density at radius 1 is 1.33 bits per heavy atom. The molecule has 2 N–H and O–H groups in total. The van der Waals surface area contributed by atoms with Crippen LogP contribution in [0.25, 0.3) is 0 Å². The highest BCUT2D eigenvalue weighted by atomic mass is 35.5. The van der Waals surface area contributed by atoms with Crippen LogP contribution in [0.2, 0.25) is 5.02 Å². The fourth-order valence-corrected chi connectivity index (χ4v) is 3.23. The Morgan fingerprint density at radius 3 is 2.78 bits per heavy atom. The van der Waals surface area contributed by atoms with Crippen molar-refractivity contribution in [2.75, 3.05) is 0 Å². The fraction of sp³-hybridized carbons (Fsp3) is 0.286. The maximum Gasteiger partial charge on any atom is 0.118 e. The Balaban J connectivity index is 2.20. The van der Waals surface area contributed by atoms with E-state index < -0.39 is 0 Å². The van der Waals surface area contributed by atoms with Gasteiger partial charge in [-0.3, -0.25) is 0 Å². The van der Waals surface area contributed by atoms with Crippen LogP contribution in [0.4, 0.5) is 0 Å². The quantitative estimate of drug-likeness (QED) is 0.820. The highest BCUT2D eigenvalue weighted by molar-refractivity contribution is 7.99. The van der Waals surface area contributed by atoms with Crippen molar-refractivity contribution in [2.45, 2.75) is 29.5 Å². The first-order valence-corrected chi connectivity index (χ1v) is 7.17. The van der Waals surface area contributed by atoms with Gasteiger partial charge in [0.2, 0.25) is 0 Å². The van der Waals surface area contributed by atoms with E-state index in [0.29, 0.717) is 0 Å². The number of thioether (sulfide) groups is 1. The molecule has 0 fully saturated rings. The van der Waals surface area contributed by atoms with Crippen molar-refractivity contribution in [2.24, 2.45) is 5.73 Å². The standard InChI is InChI=1S/C14H16ClNOS/c1-2-12(16)14(13-7-4-8-17-13)18-11-6-3-5-10(15)9-11/h3-9,12,14H,2,16H2,1H3. The summed E-state index contributed by atoms with van der Waals surface area (Å²) in [6.45, 7) is 2.08. The highest BCUT2D eigenvalue weighted by Gasteiger charge is 2.22. The molecule has 0 saturated heterocycles. The van der Waals surface area contributed by atoms with Crippen LogP contribution >= 0.6 is 23.4 Å². The summed E-state index contributed by atoms with van der Waals surface area (Å²) >= 11 is 7.69. The first-order chi connectivity index (χ1) is 8.70. The minimum absolute atomic E-state index is 0.0557. The van der Waals surface area contributed by atoms with E-state index in [1.165, 1.54) is 0 Å².